The standard InChI is InChI=1S/C21H27ClN4O/c1-14(2)15-4-6-16(7-5-15)21(27)24-19-13-20(18(23)12-17(19)22)26-10-8-25(3)9-11-26/h4-7,12-14H,8-11,23H2,1-3H3,(H,24,27). The largest absolute Gasteiger partial charge is 0.397 e. The van der Waals surface area contributed by atoms with Crippen LogP contribution in [0.3, 0.4) is 0 Å². The second-order valence-corrected chi connectivity index (χ2v) is 7.82. The third-order valence-corrected chi connectivity index (χ3v) is 5.36. The van der Waals surface area contributed by atoms with E-state index in [1.807, 2.05) is 30.3 Å². The molecule has 6 heteroatoms. The number of hydrogen-bond donors (Lipinski definition) is 2. The van der Waals surface area contributed by atoms with Crippen molar-refractivity contribution in [1.29, 1.82) is 0 Å². The van der Waals surface area contributed by atoms with Gasteiger partial charge in [0.1, 0.15) is 0 Å². The highest BCUT2D eigenvalue weighted by molar-refractivity contribution is 6.34. The van der Waals surface area contributed by atoms with Crippen LogP contribution in [-0.4, -0.2) is 44.0 Å². The third kappa shape index (κ3) is 4.54. The van der Waals surface area contributed by atoms with Crippen LogP contribution in [0.5, 0.6) is 0 Å². The Morgan fingerprint density at radius 3 is 2.33 bits per heavy atom. The molecule has 5 nitrogen and oxygen atoms in total. The summed E-state index contributed by atoms with van der Waals surface area (Å²) in [5.74, 6) is 0.251. The molecule has 0 atom stereocenters. The summed E-state index contributed by atoms with van der Waals surface area (Å²) in [5, 5.41) is 3.37. The summed E-state index contributed by atoms with van der Waals surface area (Å²) in [6, 6.07) is 11.3. The molecule has 1 aliphatic rings. The first-order valence-corrected chi connectivity index (χ1v) is 9.66. The molecule has 1 fully saturated rings. The van der Waals surface area contributed by atoms with Gasteiger partial charge in [-0.05, 0) is 42.8 Å². The number of nitrogens with one attached hydrogen (secondary N) is 1. The third-order valence-electron chi connectivity index (χ3n) is 5.05. The van der Waals surface area contributed by atoms with Crippen molar-refractivity contribution >= 4 is 34.6 Å². The Morgan fingerprint density at radius 1 is 1.11 bits per heavy atom. The number of rotatable bonds is 4. The highest BCUT2D eigenvalue weighted by Gasteiger charge is 2.19. The zero-order valence-electron chi connectivity index (χ0n) is 16.1. The van der Waals surface area contributed by atoms with E-state index in [1.165, 1.54) is 5.56 Å². The Hall–Kier alpha value is -2.24. The molecule has 0 unspecified atom stereocenters. The Balaban J connectivity index is 1.79. The number of piperazine rings is 1. The number of likely N-dealkylation sites (N-methyl/N-ethyl adjacent to an activating group) is 1. The van der Waals surface area contributed by atoms with Gasteiger partial charge in [-0.3, -0.25) is 4.79 Å². The van der Waals surface area contributed by atoms with Crippen molar-refractivity contribution in [2.75, 3.05) is 49.2 Å². The molecule has 27 heavy (non-hydrogen) atoms. The summed E-state index contributed by atoms with van der Waals surface area (Å²) in [5.41, 5.74) is 10.1. The Morgan fingerprint density at radius 2 is 1.74 bits per heavy atom. The van der Waals surface area contributed by atoms with Crippen molar-refractivity contribution in [3.05, 3.63) is 52.5 Å². The number of carbonyl (C=O) groups excluding carboxylic acids is 1. The quantitative estimate of drug-likeness (QED) is 0.778. The fourth-order valence-corrected chi connectivity index (χ4v) is 3.43. The molecule has 144 valence electrons. The lowest BCUT2D eigenvalue weighted by Crippen LogP contribution is -2.44. The molecule has 0 radical (unpaired) electrons. The van der Waals surface area contributed by atoms with Crippen LogP contribution >= 0.6 is 11.6 Å². The van der Waals surface area contributed by atoms with Crippen LogP contribution in [0.15, 0.2) is 36.4 Å². The van der Waals surface area contributed by atoms with E-state index in [-0.39, 0.29) is 5.91 Å². The zero-order chi connectivity index (χ0) is 19.6. The van der Waals surface area contributed by atoms with Gasteiger partial charge in [-0.1, -0.05) is 37.6 Å². The van der Waals surface area contributed by atoms with E-state index >= 15 is 0 Å². The summed E-state index contributed by atoms with van der Waals surface area (Å²) >= 11 is 6.34. The lowest BCUT2D eigenvalue weighted by molar-refractivity contribution is 0.102. The second kappa shape index (κ2) is 8.19. The van der Waals surface area contributed by atoms with Crippen molar-refractivity contribution in [1.82, 2.24) is 4.90 Å². The van der Waals surface area contributed by atoms with Gasteiger partial charge in [-0.2, -0.15) is 0 Å². The summed E-state index contributed by atoms with van der Waals surface area (Å²) < 4.78 is 0. The number of nitrogens with zero attached hydrogens (tertiary/aromatic N) is 2. The van der Waals surface area contributed by atoms with Gasteiger partial charge in [-0.15, -0.1) is 0 Å². The highest BCUT2D eigenvalue weighted by Crippen LogP contribution is 2.34. The van der Waals surface area contributed by atoms with E-state index in [9.17, 15) is 4.79 Å². The van der Waals surface area contributed by atoms with Crippen LogP contribution < -0.4 is 16.0 Å². The zero-order valence-corrected chi connectivity index (χ0v) is 16.9. The van der Waals surface area contributed by atoms with Gasteiger partial charge < -0.3 is 20.9 Å². The minimum Gasteiger partial charge on any atom is -0.397 e. The molecule has 1 aliphatic heterocycles. The molecule has 3 rings (SSSR count). The van der Waals surface area contributed by atoms with E-state index in [4.69, 9.17) is 17.3 Å². The monoisotopic (exact) mass is 386 g/mol. The number of amides is 1. The number of benzene rings is 2. The minimum atomic E-state index is -0.179. The Labute approximate surface area is 166 Å². The van der Waals surface area contributed by atoms with Crippen molar-refractivity contribution in [3.8, 4) is 0 Å². The molecule has 0 aliphatic carbocycles. The summed E-state index contributed by atoms with van der Waals surface area (Å²) in [4.78, 5) is 17.2. The first-order valence-electron chi connectivity index (χ1n) is 9.29. The molecule has 0 spiro atoms. The molecule has 2 aromatic carbocycles. The van der Waals surface area contributed by atoms with Gasteiger partial charge in [0, 0.05) is 31.7 Å². The maximum absolute atomic E-state index is 12.6. The van der Waals surface area contributed by atoms with Crippen molar-refractivity contribution in [2.45, 2.75) is 19.8 Å². The van der Waals surface area contributed by atoms with Gasteiger partial charge in [-0.25, -0.2) is 0 Å². The van der Waals surface area contributed by atoms with E-state index in [0.717, 1.165) is 31.9 Å². The number of carbonyl (C=O) groups is 1. The summed E-state index contributed by atoms with van der Waals surface area (Å²) in [7, 11) is 2.11. The van der Waals surface area contributed by atoms with Crippen molar-refractivity contribution in [2.24, 2.45) is 0 Å². The molecule has 2 aromatic rings. The first-order chi connectivity index (χ1) is 12.8. The van der Waals surface area contributed by atoms with E-state index in [0.29, 0.717) is 27.9 Å². The average molecular weight is 387 g/mol. The SMILES string of the molecule is CC(C)c1ccc(C(=O)Nc2cc(N3CCN(C)CC3)c(N)cc2Cl)cc1. The number of nitrogen functional groups attached to an aromatic ring is 1. The Bertz CT molecular complexity index is 812. The summed E-state index contributed by atoms with van der Waals surface area (Å²) in [6.45, 7) is 8.00. The number of anilines is 3. The van der Waals surface area contributed by atoms with E-state index in [2.05, 4.69) is 36.0 Å². The maximum atomic E-state index is 12.6. The number of hydrogen-bond acceptors (Lipinski definition) is 4. The molecule has 1 amide bonds. The fraction of sp³-hybridized carbons (Fsp3) is 0.381. The molecule has 1 saturated heterocycles. The minimum absolute atomic E-state index is 0.179. The van der Waals surface area contributed by atoms with Gasteiger partial charge >= 0.3 is 0 Å². The molecule has 0 saturated carbocycles. The van der Waals surface area contributed by atoms with Crippen LogP contribution in [0.4, 0.5) is 17.1 Å². The second-order valence-electron chi connectivity index (χ2n) is 7.41. The predicted octanol–water partition coefficient (Wildman–Crippen LogP) is 4.05. The van der Waals surface area contributed by atoms with Crippen LogP contribution in [0, 0.1) is 0 Å². The predicted molar refractivity (Wildman–Crippen MR) is 114 cm³/mol. The topological polar surface area (TPSA) is 61.6 Å². The lowest BCUT2D eigenvalue weighted by atomic mass is 10.0. The molecule has 0 aromatic heterocycles. The van der Waals surface area contributed by atoms with Crippen molar-refractivity contribution < 1.29 is 4.79 Å². The maximum Gasteiger partial charge on any atom is 0.255 e. The van der Waals surface area contributed by atoms with Gasteiger partial charge in [0.25, 0.3) is 5.91 Å². The molecule has 0 bridgehead atoms. The smallest absolute Gasteiger partial charge is 0.255 e. The molecular weight excluding hydrogens is 360 g/mol. The van der Waals surface area contributed by atoms with E-state index < -0.39 is 0 Å². The van der Waals surface area contributed by atoms with Crippen LogP contribution in [0.1, 0.15) is 35.7 Å². The van der Waals surface area contributed by atoms with Gasteiger partial charge in [0.05, 0.1) is 22.1 Å². The number of halogens is 1. The lowest BCUT2D eigenvalue weighted by Gasteiger charge is -2.35. The van der Waals surface area contributed by atoms with Gasteiger partial charge in [0.15, 0.2) is 0 Å². The fourth-order valence-electron chi connectivity index (χ4n) is 3.21. The molecule has 1 heterocycles. The average Bonchev–Trinajstić information content (AvgIpc) is 2.65. The van der Waals surface area contributed by atoms with Crippen LogP contribution in [-0.2, 0) is 0 Å². The number of nitrogens with two attached hydrogens (primary N) is 1. The van der Waals surface area contributed by atoms with Gasteiger partial charge in [0.2, 0.25) is 0 Å². The molecule has 3 N–H and O–H groups in total. The highest BCUT2D eigenvalue weighted by atomic mass is 35.5. The molecular formula is C21H27ClN4O. The van der Waals surface area contributed by atoms with Crippen molar-refractivity contribution in [3.63, 3.8) is 0 Å². The normalized spacial score (nSPS) is 15.2. The Kier molecular flexibility index (Phi) is 5.92. The van der Waals surface area contributed by atoms with E-state index in [1.54, 1.807) is 6.07 Å². The van der Waals surface area contributed by atoms with Crippen LogP contribution in [0.2, 0.25) is 5.02 Å². The first kappa shape index (κ1) is 19.5. The van der Waals surface area contributed by atoms with Crippen LogP contribution in [0.25, 0.3) is 0 Å². The summed E-state index contributed by atoms with van der Waals surface area (Å²) in [6.07, 6.45) is 0.